The van der Waals surface area contributed by atoms with E-state index in [1.807, 2.05) is 0 Å². The average molecular weight is 320 g/mol. The molecule has 20 heavy (non-hydrogen) atoms. The molecule has 12 heteroatoms. The molecule has 0 saturated carbocycles. The first kappa shape index (κ1) is 18.5. The SMILES string of the molecule is C=CC(=O)OC(F)(F)CC(F)(F)OC(F)(F)C(F)(F)F. The lowest BCUT2D eigenvalue weighted by Crippen LogP contribution is -2.46. The molecular formula is C8H5F9O3. The maximum atomic E-state index is 12.7. The lowest BCUT2D eigenvalue weighted by molar-refractivity contribution is -0.466. The molecule has 0 aliphatic rings. The largest absolute Gasteiger partial charge is 0.483 e. The topological polar surface area (TPSA) is 35.5 Å². The third-order valence-electron chi connectivity index (χ3n) is 1.44. The van der Waals surface area contributed by atoms with E-state index in [2.05, 4.69) is 16.1 Å². The summed E-state index contributed by atoms with van der Waals surface area (Å²) in [6, 6.07) is 0. The summed E-state index contributed by atoms with van der Waals surface area (Å²) in [5.74, 6) is -1.90. The van der Waals surface area contributed by atoms with Gasteiger partial charge in [-0.25, -0.2) is 9.53 Å². The van der Waals surface area contributed by atoms with E-state index in [1.165, 1.54) is 0 Å². The minimum Gasteiger partial charge on any atom is -0.397 e. The standard InChI is InChI=1S/C8H5F9O3/c1-2-4(18)19-5(9,10)3-6(11,12)20-8(16,17)7(13,14)15/h2H,1,3H2. The molecule has 0 fully saturated rings. The van der Waals surface area contributed by atoms with Crippen molar-refractivity contribution in [3.05, 3.63) is 12.7 Å². The van der Waals surface area contributed by atoms with Crippen LogP contribution in [-0.2, 0) is 14.3 Å². The molecule has 0 unspecified atom stereocenters. The number of halogens is 9. The van der Waals surface area contributed by atoms with Gasteiger partial charge in [-0.15, -0.1) is 0 Å². The molecule has 0 aromatic rings. The Bertz CT molecular complexity index is 374. The van der Waals surface area contributed by atoms with Crippen LogP contribution < -0.4 is 0 Å². The van der Waals surface area contributed by atoms with Gasteiger partial charge in [0.05, 0.1) is 0 Å². The van der Waals surface area contributed by atoms with Crippen LogP contribution in [0.1, 0.15) is 6.42 Å². The molecule has 0 heterocycles. The lowest BCUT2D eigenvalue weighted by atomic mass is 10.3. The van der Waals surface area contributed by atoms with E-state index >= 15 is 0 Å². The van der Waals surface area contributed by atoms with Crippen LogP contribution in [0.4, 0.5) is 39.5 Å². The van der Waals surface area contributed by atoms with Crippen LogP contribution in [-0.4, -0.2) is 30.5 Å². The Balaban J connectivity index is 4.91. The van der Waals surface area contributed by atoms with Gasteiger partial charge in [0.25, 0.3) is 0 Å². The predicted molar refractivity (Wildman–Crippen MR) is 42.9 cm³/mol. The maximum Gasteiger partial charge on any atom is 0.483 e. The van der Waals surface area contributed by atoms with Crippen molar-refractivity contribution in [3.63, 3.8) is 0 Å². The molecule has 3 nitrogen and oxygen atoms in total. The molecule has 0 aromatic heterocycles. The van der Waals surface area contributed by atoms with E-state index in [0.717, 1.165) is 0 Å². The van der Waals surface area contributed by atoms with Crippen molar-refractivity contribution in [2.75, 3.05) is 0 Å². The fraction of sp³-hybridized carbons (Fsp3) is 0.625. The molecule has 118 valence electrons. The quantitative estimate of drug-likeness (QED) is 0.427. The number of carbonyl (C=O) groups excluding carboxylic acids is 1. The number of carbonyl (C=O) groups is 1. The summed E-state index contributed by atoms with van der Waals surface area (Å²) in [5.41, 5.74) is 0. The lowest BCUT2D eigenvalue weighted by Gasteiger charge is -2.27. The van der Waals surface area contributed by atoms with Gasteiger partial charge in [0, 0.05) is 6.08 Å². The number of hydrogen-bond donors (Lipinski definition) is 0. The van der Waals surface area contributed by atoms with Crippen LogP contribution in [0.5, 0.6) is 0 Å². The smallest absolute Gasteiger partial charge is 0.397 e. The number of alkyl halides is 9. The average Bonchev–Trinajstić information content (AvgIpc) is 2.10. The van der Waals surface area contributed by atoms with Crippen LogP contribution in [0.25, 0.3) is 0 Å². The molecule has 0 rings (SSSR count). The minimum absolute atomic E-state index is 0.136. The molecule has 0 N–H and O–H groups in total. The first-order valence-corrected chi connectivity index (χ1v) is 4.38. The van der Waals surface area contributed by atoms with E-state index in [1.54, 1.807) is 0 Å². The first-order chi connectivity index (χ1) is 8.62. The molecule has 0 aromatic carbocycles. The zero-order chi connectivity index (χ0) is 16.4. The number of rotatable bonds is 6. The third kappa shape index (κ3) is 5.67. The van der Waals surface area contributed by atoms with Crippen LogP contribution >= 0.6 is 0 Å². The van der Waals surface area contributed by atoms with E-state index in [-0.39, 0.29) is 6.08 Å². The Morgan fingerprint density at radius 3 is 1.75 bits per heavy atom. The zero-order valence-electron chi connectivity index (χ0n) is 9.12. The summed E-state index contributed by atoms with van der Waals surface area (Å²) in [5, 5.41) is 0. The highest BCUT2D eigenvalue weighted by Crippen LogP contribution is 2.43. The normalized spacial score (nSPS) is 14.1. The fourth-order valence-corrected chi connectivity index (χ4v) is 0.746. The van der Waals surface area contributed by atoms with Gasteiger partial charge >= 0.3 is 30.5 Å². The van der Waals surface area contributed by atoms with E-state index in [0.29, 0.717) is 0 Å². The van der Waals surface area contributed by atoms with Gasteiger partial charge in [-0.1, -0.05) is 6.58 Å². The van der Waals surface area contributed by atoms with Crippen molar-refractivity contribution >= 4 is 5.97 Å². The Morgan fingerprint density at radius 2 is 1.40 bits per heavy atom. The van der Waals surface area contributed by atoms with Gasteiger partial charge in [-0.05, 0) is 0 Å². The van der Waals surface area contributed by atoms with Crippen molar-refractivity contribution in [3.8, 4) is 0 Å². The van der Waals surface area contributed by atoms with Gasteiger partial charge in [-0.2, -0.15) is 39.5 Å². The second-order valence-corrected chi connectivity index (χ2v) is 3.19. The van der Waals surface area contributed by atoms with Gasteiger partial charge in [0.15, 0.2) is 0 Å². The van der Waals surface area contributed by atoms with E-state index in [4.69, 9.17) is 0 Å². The van der Waals surface area contributed by atoms with E-state index < -0.39 is 36.9 Å². The molecule has 0 spiro atoms. The summed E-state index contributed by atoms with van der Waals surface area (Å²) in [6.45, 7) is 2.64. The number of hydrogen-bond acceptors (Lipinski definition) is 3. The van der Waals surface area contributed by atoms with Crippen LogP contribution in [0.2, 0.25) is 0 Å². The molecular weight excluding hydrogens is 315 g/mol. The predicted octanol–water partition coefficient (Wildman–Crippen LogP) is 3.46. The molecule has 0 aliphatic carbocycles. The van der Waals surface area contributed by atoms with E-state index in [9.17, 15) is 44.3 Å². The van der Waals surface area contributed by atoms with Crippen molar-refractivity contribution < 1.29 is 53.8 Å². The Labute approximate surface area is 104 Å². The summed E-state index contributed by atoms with van der Waals surface area (Å²) < 4.78 is 115. The Kier molecular flexibility index (Phi) is 5.10. The van der Waals surface area contributed by atoms with Crippen LogP contribution in [0.3, 0.4) is 0 Å². The van der Waals surface area contributed by atoms with Gasteiger partial charge in [0.1, 0.15) is 6.42 Å². The van der Waals surface area contributed by atoms with Crippen molar-refractivity contribution in [1.82, 2.24) is 0 Å². The van der Waals surface area contributed by atoms with Crippen molar-refractivity contribution in [1.29, 1.82) is 0 Å². The van der Waals surface area contributed by atoms with Gasteiger partial charge < -0.3 is 4.74 Å². The zero-order valence-corrected chi connectivity index (χ0v) is 9.12. The molecule has 0 radical (unpaired) electrons. The number of esters is 1. The molecule has 0 amide bonds. The van der Waals surface area contributed by atoms with Crippen LogP contribution in [0.15, 0.2) is 12.7 Å². The number of ether oxygens (including phenoxy) is 2. The molecule has 0 aliphatic heterocycles. The fourth-order valence-electron chi connectivity index (χ4n) is 0.746. The van der Waals surface area contributed by atoms with Gasteiger partial charge in [-0.3, -0.25) is 0 Å². The minimum atomic E-state index is -6.54. The second kappa shape index (κ2) is 5.50. The Morgan fingerprint density at radius 1 is 0.950 bits per heavy atom. The molecule has 0 saturated heterocycles. The van der Waals surface area contributed by atoms with Crippen LogP contribution in [0, 0.1) is 0 Å². The van der Waals surface area contributed by atoms with Crippen molar-refractivity contribution in [2.24, 2.45) is 0 Å². The maximum absolute atomic E-state index is 12.7. The Hall–Kier alpha value is -1.46. The summed E-state index contributed by atoms with van der Waals surface area (Å²) in [4.78, 5) is 10.3. The molecule has 0 bridgehead atoms. The van der Waals surface area contributed by atoms with Gasteiger partial charge in [0.2, 0.25) is 0 Å². The van der Waals surface area contributed by atoms with Crippen molar-refractivity contribution in [2.45, 2.75) is 30.9 Å². The highest BCUT2D eigenvalue weighted by atomic mass is 19.4. The summed E-state index contributed by atoms with van der Waals surface area (Å²) in [6.07, 6.45) is -26.5. The summed E-state index contributed by atoms with van der Waals surface area (Å²) >= 11 is 0. The second-order valence-electron chi connectivity index (χ2n) is 3.19. The highest BCUT2D eigenvalue weighted by Gasteiger charge is 2.65. The summed E-state index contributed by atoms with van der Waals surface area (Å²) in [7, 11) is 0. The third-order valence-corrected chi connectivity index (χ3v) is 1.44. The first-order valence-electron chi connectivity index (χ1n) is 4.38. The monoisotopic (exact) mass is 320 g/mol. The highest BCUT2D eigenvalue weighted by molar-refractivity contribution is 5.81. The molecule has 0 atom stereocenters.